The second-order valence-electron chi connectivity index (χ2n) is 15.2. The number of hydrogen-bond acceptors (Lipinski definition) is 7. The molecule has 5 saturated carbocycles. The van der Waals surface area contributed by atoms with Crippen molar-refractivity contribution in [3.63, 3.8) is 0 Å². The molecule has 0 heterocycles. The lowest BCUT2D eigenvalue weighted by Gasteiger charge is -2.35. The number of ether oxygens (including phenoxy) is 2. The van der Waals surface area contributed by atoms with Gasteiger partial charge in [0, 0.05) is 38.0 Å². The Labute approximate surface area is 282 Å². The largest absolute Gasteiger partial charge is 0.446 e. The van der Waals surface area contributed by atoms with Gasteiger partial charge in [-0.25, -0.2) is 22.8 Å². The molecule has 11 nitrogen and oxygen atoms in total. The predicted octanol–water partition coefficient (Wildman–Crippen LogP) is 6.25. The molecule has 12 heteroatoms. The molecule has 0 aliphatic heterocycles. The number of amides is 4. The van der Waals surface area contributed by atoms with Crippen LogP contribution >= 0.6 is 0 Å². The van der Waals surface area contributed by atoms with Crippen LogP contribution in [0.15, 0.2) is 0 Å². The zero-order valence-corrected chi connectivity index (χ0v) is 29.3. The molecule has 268 valence electrons. The van der Waals surface area contributed by atoms with E-state index in [-0.39, 0.29) is 24.2 Å². The fraction of sp³-hybridized carbons (Fsp3) is 0.914. The van der Waals surface area contributed by atoms with E-state index in [1.165, 1.54) is 45.6 Å². The van der Waals surface area contributed by atoms with Gasteiger partial charge in [0.2, 0.25) is 0 Å². The maximum Gasteiger partial charge on any atom is 0.407 e. The zero-order chi connectivity index (χ0) is 33.2. The molecule has 47 heavy (non-hydrogen) atoms. The van der Waals surface area contributed by atoms with E-state index in [0.717, 1.165) is 51.4 Å². The highest BCUT2D eigenvalue weighted by molar-refractivity contribution is 7.92. The maximum absolute atomic E-state index is 13.6. The van der Waals surface area contributed by atoms with Gasteiger partial charge in [0.25, 0.3) is 0 Å². The molecule has 5 aliphatic carbocycles. The summed E-state index contributed by atoms with van der Waals surface area (Å²) in [7, 11) is -1.94. The topological polar surface area (TPSA) is 152 Å². The first-order valence-corrected chi connectivity index (χ1v) is 20.4. The summed E-state index contributed by atoms with van der Waals surface area (Å²) in [5.41, 5.74) is 0. The molecule has 0 aromatic carbocycles. The van der Waals surface area contributed by atoms with E-state index in [2.05, 4.69) is 21.3 Å². The average molecular weight is 681 g/mol. The first-order valence-electron chi connectivity index (χ1n) is 18.8. The number of carbonyl (C=O) groups excluding carboxylic acids is 3. The monoisotopic (exact) mass is 680 g/mol. The Morgan fingerprint density at radius 3 is 1.53 bits per heavy atom. The van der Waals surface area contributed by atoms with Crippen molar-refractivity contribution >= 4 is 28.1 Å². The molecule has 4 unspecified atom stereocenters. The molecule has 5 aliphatic rings. The van der Waals surface area contributed by atoms with Gasteiger partial charge in [0.15, 0.2) is 9.84 Å². The lowest BCUT2D eigenvalue weighted by Crippen LogP contribution is -2.47. The summed E-state index contributed by atoms with van der Waals surface area (Å²) in [6, 6.07) is 0.746. The van der Waals surface area contributed by atoms with Gasteiger partial charge in [-0.1, -0.05) is 19.3 Å². The van der Waals surface area contributed by atoms with Gasteiger partial charge < -0.3 is 30.7 Å². The summed E-state index contributed by atoms with van der Waals surface area (Å²) in [5.74, 6) is 1.39. The minimum atomic E-state index is -3.43. The summed E-state index contributed by atoms with van der Waals surface area (Å²) in [5, 5.41) is 10.9. The van der Waals surface area contributed by atoms with E-state index in [0.29, 0.717) is 69.2 Å². The highest BCUT2D eigenvalue weighted by Crippen LogP contribution is 2.37. The highest BCUT2D eigenvalue weighted by atomic mass is 32.2. The molecule has 4 amide bonds. The van der Waals surface area contributed by atoms with Crippen LogP contribution in [-0.2, 0) is 19.3 Å². The van der Waals surface area contributed by atoms with E-state index in [1.807, 2.05) is 0 Å². The average Bonchev–Trinajstić information content (AvgIpc) is 3.07. The molecule has 0 saturated heterocycles. The smallest absolute Gasteiger partial charge is 0.407 e. The van der Waals surface area contributed by atoms with Gasteiger partial charge in [-0.2, -0.15) is 0 Å². The minimum Gasteiger partial charge on any atom is -0.446 e. The Bertz CT molecular complexity index is 1130. The first kappa shape index (κ1) is 36.1. The van der Waals surface area contributed by atoms with Gasteiger partial charge in [-0.05, 0) is 121 Å². The number of rotatable bonds is 9. The maximum atomic E-state index is 13.6. The van der Waals surface area contributed by atoms with Crippen molar-refractivity contribution in [3.8, 4) is 0 Å². The molecule has 0 spiro atoms. The van der Waals surface area contributed by atoms with Crippen molar-refractivity contribution in [1.82, 2.24) is 21.3 Å². The zero-order valence-electron chi connectivity index (χ0n) is 28.5. The Morgan fingerprint density at radius 2 is 1.02 bits per heavy atom. The highest BCUT2D eigenvalue weighted by Gasteiger charge is 2.41. The fourth-order valence-corrected chi connectivity index (χ4v) is 11.6. The Morgan fingerprint density at radius 1 is 0.553 bits per heavy atom. The molecular weight excluding hydrogens is 620 g/mol. The van der Waals surface area contributed by atoms with Crippen molar-refractivity contribution in [2.45, 2.75) is 182 Å². The van der Waals surface area contributed by atoms with E-state index in [4.69, 9.17) is 9.47 Å². The van der Waals surface area contributed by atoms with Gasteiger partial charge in [0.05, 0.1) is 10.5 Å². The molecule has 0 radical (unpaired) electrons. The number of carbonyl (C=O) groups is 3. The van der Waals surface area contributed by atoms with Crippen molar-refractivity contribution in [2.24, 2.45) is 11.8 Å². The summed E-state index contributed by atoms with van der Waals surface area (Å²) in [6.07, 6.45) is 18.6. The van der Waals surface area contributed by atoms with Crippen LogP contribution in [0.25, 0.3) is 0 Å². The predicted molar refractivity (Wildman–Crippen MR) is 181 cm³/mol. The second kappa shape index (κ2) is 17.4. The molecule has 4 N–H and O–H groups in total. The summed E-state index contributed by atoms with van der Waals surface area (Å²) in [4.78, 5) is 37.0. The van der Waals surface area contributed by atoms with Gasteiger partial charge in [-0.15, -0.1) is 0 Å². The summed E-state index contributed by atoms with van der Waals surface area (Å²) >= 11 is 0. The van der Waals surface area contributed by atoms with Crippen molar-refractivity contribution in [2.75, 3.05) is 7.05 Å². The van der Waals surface area contributed by atoms with Crippen LogP contribution in [0.4, 0.5) is 14.4 Å². The van der Waals surface area contributed by atoms with Gasteiger partial charge >= 0.3 is 18.2 Å². The van der Waals surface area contributed by atoms with Crippen LogP contribution in [0.3, 0.4) is 0 Å². The number of sulfone groups is 1. The molecule has 5 fully saturated rings. The lowest BCUT2D eigenvalue weighted by molar-refractivity contribution is 0.0704. The molecule has 0 bridgehead atoms. The molecule has 0 aromatic heterocycles. The number of urea groups is 1. The van der Waals surface area contributed by atoms with Crippen molar-refractivity contribution < 1.29 is 32.3 Å². The van der Waals surface area contributed by atoms with Crippen molar-refractivity contribution in [3.05, 3.63) is 0 Å². The lowest BCUT2D eigenvalue weighted by atomic mass is 9.76. The van der Waals surface area contributed by atoms with Crippen LogP contribution < -0.4 is 21.3 Å². The van der Waals surface area contributed by atoms with Crippen molar-refractivity contribution in [1.29, 1.82) is 0 Å². The number of alkyl carbamates (subject to hydrolysis) is 2. The van der Waals surface area contributed by atoms with Crippen LogP contribution in [0.1, 0.15) is 141 Å². The van der Waals surface area contributed by atoms with Crippen LogP contribution in [0, 0.1) is 11.8 Å². The minimum absolute atomic E-state index is 0.0154. The van der Waals surface area contributed by atoms with Crippen LogP contribution in [0.2, 0.25) is 0 Å². The fourth-order valence-electron chi connectivity index (χ4n) is 9.07. The second-order valence-corrected chi connectivity index (χ2v) is 17.8. The third-order valence-corrected chi connectivity index (χ3v) is 14.5. The van der Waals surface area contributed by atoms with E-state index in [9.17, 15) is 22.8 Å². The Hall–Kier alpha value is -2.24. The third-order valence-electron chi connectivity index (χ3n) is 11.8. The first-order chi connectivity index (χ1) is 22.7. The molecule has 5 rings (SSSR count). The quantitative estimate of drug-likeness (QED) is 0.225. The van der Waals surface area contributed by atoms with Gasteiger partial charge in [0.1, 0.15) is 12.2 Å². The third kappa shape index (κ3) is 10.9. The number of hydrogen-bond donors (Lipinski definition) is 4. The Balaban J connectivity index is 0.963. The van der Waals surface area contributed by atoms with Crippen LogP contribution in [0.5, 0.6) is 0 Å². The molecule has 0 aromatic rings. The van der Waals surface area contributed by atoms with E-state index in [1.54, 1.807) is 0 Å². The van der Waals surface area contributed by atoms with Gasteiger partial charge in [-0.3, -0.25) is 0 Å². The summed E-state index contributed by atoms with van der Waals surface area (Å²) in [6.45, 7) is 0. The number of nitrogens with one attached hydrogen (secondary N) is 4. The van der Waals surface area contributed by atoms with E-state index < -0.39 is 38.6 Å². The molecule has 4 atom stereocenters. The summed E-state index contributed by atoms with van der Waals surface area (Å²) < 4.78 is 38.3. The van der Waals surface area contributed by atoms with Crippen LogP contribution in [-0.4, -0.2) is 74.5 Å². The van der Waals surface area contributed by atoms with E-state index >= 15 is 0 Å². The Kier molecular flexibility index (Phi) is 13.4. The standard InChI is InChI=1S/C35H60N4O7S/c1-36-34(41)45-29-9-5-11-31(22-29)47(43,44)32-12-6-10-30(23-32)46-35(42)39-28-19-15-25(16-20-28)21-24-13-17-27(18-14-24)38-33(40)37-26-7-3-2-4-8-26/h24-32H,2-23H2,1H3,(H,36,41)(H,39,42)(H2,37,38,40). The molecular formula is C35H60N4O7S. The SMILES string of the molecule is CNC(=O)OC1CCCC(S(=O)(=O)C2CCCC(OC(=O)NC3CCC(CC4CCC(NC(=O)NC5CCCCC5)CC4)CC3)C2)C1. The normalized spacial score (nSPS) is 34.0.